The Hall–Kier alpha value is -2.66. The number of unbranched alkanes of at least 4 members (excludes halogenated alkanes) is 1. The van der Waals surface area contributed by atoms with Crippen molar-refractivity contribution in [2.24, 2.45) is 0 Å². The Morgan fingerprint density at radius 1 is 0.931 bits per heavy atom. The van der Waals surface area contributed by atoms with Gasteiger partial charge in [-0.3, -0.25) is 4.98 Å². The number of alkyl carbamates (subject to hydrolysis) is 1. The predicted molar refractivity (Wildman–Crippen MR) is 118 cm³/mol. The largest absolute Gasteiger partial charge is 0.433 e. The van der Waals surface area contributed by atoms with Gasteiger partial charge >= 0.3 is 6.09 Å². The van der Waals surface area contributed by atoms with E-state index in [0.717, 1.165) is 52.4 Å². The molecule has 29 heavy (non-hydrogen) atoms. The molecular weight excluding hydrogens is 428 g/mol. The number of nitrogens with zero attached hydrogens (tertiary/aromatic N) is 1. The van der Waals surface area contributed by atoms with Crippen LogP contribution in [0.15, 0.2) is 73.1 Å². The van der Waals surface area contributed by atoms with Crippen molar-refractivity contribution in [2.45, 2.75) is 31.4 Å². The molecule has 2 aromatic carbocycles. The van der Waals surface area contributed by atoms with Gasteiger partial charge in [-0.05, 0) is 48.1 Å². The number of aromatic nitrogens is 1. The normalized spacial score (nSPS) is 13.4. The Kier molecular flexibility index (Phi) is 5.95. The molecule has 1 N–H and O–H groups in total. The average molecular weight is 451 g/mol. The van der Waals surface area contributed by atoms with Gasteiger partial charge in [0.05, 0.1) is 0 Å². The van der Waals surface area contributed by atoms with E-state index < -0.39 is 11.7 Å². The zero-order valence-corrected chi connectivity index (χ0v) is 17.7. The van der Waals surface area contributed by atoms with Crippen LogP contribution in [0.4, 0.5) is 4.79 Å². The van der Waals surface area contributed by atoms with Crippen LogP contribution in [0.2, 0.25) is 0 Å². The van der Waals surface area contributed by atoms with Gasteiger partial charge in [0.2, 0.25) is 0 Å². The van der Waals surface area contributed by atoms with Gasteiger partial charge in [0, 0.05) is 35.4 Å². The maximum atomic E-state index is 12.9. The van der Waals surface area contributed by atoms with Crippen LogP contribution in [0.1, 0.15) is 36.0 Å². The summed E-state index contributed by atoms with van der Waals surface area (Å²) in [6.45, 7) is 0.405. The van der Waals surface area contributed by atoms with Gasteiger partial charge in [-0.2, -0.15) is 0 Å². The summed E-state index contributed by atoms with van der Waals surface area (Å²) in [5.74, 6) is 0. The molecule has 0 fully saturated rings. The van der Waals surface area contributed by atoms with Crippen LogP contribution in [0, 0.1) is 0 Å². The molecule has 148 valence electrons. The minimum absolute atomic E-state index is 0.405. The molecule has 1 aliphatic carbocycles. The van der Waals surface area contributed by atoms with Crippen LogP contribution in [0.3, 0.4) is 0 Å². The van der Waals surface area contributed by atoms with E-state index in [4.69, 9.17) is 4.74 Å². The number of amides is 1. The zero-order valence-electron chi connectivity index (χ0n) is 16.1. The topological polar surface area (TPSA) is 51.2 Å². The molecule has 1 amide bonds. The lowest BCUT2D eigenvalue weighted by molar-refractivity contribution is 0.0334. The molecule has 5 heteroatoms. The van der Waals surface area contributed by atoms with E-state index in [9.17, 15) is 4.79 Å². The molecule has 3 aromatic rings. The summed E-state index contributed by atoms with van der Waals surface area (Å²) in [7, 11) is 0. The summed E-state index contributed by atoms with van der Waals surface area (Å²) in [4.78, 5) is 16.9. The van der Waals surface area contributed by atoms with Crippen LogP contribution in [0.25, 0.3) is 11.1 Å². The summed E-state index contributed by atoms with van der Waals surface area (Å²) in [5, 5.41) is 3.84. The summed E-state index contributed by atoms with van der Waals surface area (Å²) < 4.78 is 6.24. The first-order valence-electron chi connectivity index (χ1n) is 9.86. The second-order valence-corrected chi connectivity index (χ2v) is 7.96. The van der Waals surface area contributed by atoms with Crippen molar-refractivity contribution < 1.29 is 9.53 Å². The molecule has 0 unspecified atom stereocenters. The van der Waals surface area contributed by atoms with Gasteiger partial charge in [0.15, 0.2) is 5.60 Å². The van der Waals surface area contributed by atoms with Gasteiger partial charge in [-0.1, -0.05) is 64.5 Å². The second kappa shape index (κ2) is 8.78. The molecule has 4 rings (SSSR count). The number of carbonyl (C=O) groups is 1. The highest BCUT2D eigenvalue weighted by molar-refractivity contribution is 9.09. The molecule has 0 aliphatic heterocycles. The highest BCUT2D eigenvalue weighted by Gasteiger charge is 2.46. The van der Waals surface area contributed by atoms with E-state index in [0.29, 0.717) is 6.54 Å². The Labute approximate surface area is 179 Å². The molecule has 0 spiro atoms. The fourth-order valence-electron chi connectivity index (χ4n) is 4.05. The van der Waals surface area contributed by atoms with E-state index in [1.165, 1.54) is 0 Å². The van der Waals surface area contributed by atoms with Crippen LogP contribution >= 0.6 is 15.9 Å². The number of pyridine rings is 1. The third-order valence-electron chi connectivity index (χ3n) is 5.38. The van der Waals surface area contributed by atoms with Crippen LogP contribution in [-0.4, -0.2) is 16.4 Å². The Balaban J connectivity index is 1.65. The van der Waals surface area contributed by atoms with Gasteiger partial charge in [-0.15, -0.1) is 0 Å². The molecule has 0 saturated heterocycles. The number of rotatable bonds is 7. The van der Waals surface area contributed by atoms with Crippen molar-refractivity contribution in [2.75, 3.05) is 5.33 Å². The number of hydrogen-bond donors (Lipinski definition) is 1. The van der Waals surface area contributed by atoms with E-state index in [1.807, 2.05) is 36.4 Å². The lowest BCUT2D eigenvalue weighted by atomic mass is 9.86. The third-order valence-corrected chi connectivity index (χ3v) is 5.94. The van der Waals surface area contributed by atoms with Crippen LogP contribution in [-0.2, 0) is 16.9 Å². The number of carbonyl (C=O) groups excluding carboxylic acids is 1. The summed E-state index contributed by atoms with van der Waals surface area (Å²) >= 11 is 3.52. The minimum Gasteiger partial charge on any atom is -0.433 e. The first kappa shape index (κ1) is 19.6. The second-order valence-electron chi connectivity index (χ2n) is 7.16. The smallest absolute Gasteiger partial charge is 0.408 e. The average Bonchev–Trinajstić information content (AvgIpc) is 3.04. The number of fused-ring (bicyclic) bond motifs is 3. The van der Waals surface area contributed by atoms with Crippen molar-refractivity contribution in [1.29, 1.82) is 0 Å². The fraction of sp³-hybridized carbons (Fsp3) is 0.250. The van der Waals surface area contributed by atoms with E-state index in [2.05, 4.69) is 50.5 Å². The van der Waals surface area contributed by atoms with Crippen LogP contribution in [0.5, 0.6) is 0 Å². The van der Waals surface area contributed by atoms with Crippen molar-refractivity contribution >= 4 is 22.0 Å². The van der Waals surface area contributed by atoms with Crippen molar-refractivity contribution in [1.82, 2.24) is 10.3 Å². The molecular formula is C24H23BrN2O2. The SMILES string of the molecule is O=C(NCc1ccncc1)OC1(CCCCBr)c2ccccc2-c2ccccc21. The summed E-state index contributed by atoms with van der Waals surface area (Å²) in [6, 6.07) is 20.3. The number of benzene rings is 2. The number of nitrogens with one attached hydrogen (secondary N) is 1. The molecule has 1 aliphatic rings. The molecule has 0 atom stereocenters. The highest BCUT2D eigenvalue weighted by Crippen LogP contribution is 2.52. The van der Waals surface area contributed by atoms with Gasteiger partial charge in [-0.25, -0.2) is 4.79 Å². The summed E-state index contributed by atoms with van der Waals surface area (Å²) in [5.41, 5.74) is 4.63. The summed E-state index contributed by atoms with van der Waals surface area (Å²) in [6.07, 6.45) is 5.74. The molecule has 4 nitrogen and oxygen atoms in total. The van der Waals surface area contributed by atoms with Gasteiger partial charge in [0.1, 0.15) is 0 Å². The minimum atomic E-state index is -0.766. The molecule has 0 saturated carbocycles. The first-order valence-corrected chi connectivity index (χ1v) is 11.0. The lowest BCUT2D eigenvalue weighted by Crippen LogP contribution is -2.36. The quantitative estimate of drug-likeness (QED) is 0.365. The van der Waals surface area contributed by atoms with Crippen LogP contribution < -0.4 is 5.32 Å². The van der Waals surface area contributed by atoms with Crippen molar-refractivity contribution in [3.05, 3.63) is 89.7 Å². The number of halogens is 1. The first-order chi connectivity index (χ1) is 14.2. The maximum absolute atomic E-state index is 12.9. The fourth-order valence-corrected chi connectivity index (χ4v) is 4.45. The highest BCUT2D eigenvalue weighted by atomic mass is 79.9. The van der Waals surface area contributed by atoms with Gasteiger partial charge in [0.25, 0.3) is 0 Å². The third kappa shape index (κ3) is 3.92. The predicted octanol–water partition coefficient (Wildman–Crippen LogP) is 5.80. The standard InChI is InChI=1S/C24H23BrN2O2/c25-14-6-5-13-24(29-23(28)27-17-18-11-15-26-16-12-18)21-9-3-1-7-19(21)20-8-2-4-10-22(20)24/h1-4,7-12,15-16H,5-6,13-14,17H2,(H,27,28). The molecule has 1 aromatic heterocycles. The Morgan fingerprint density at radius 3 is 2.17 bits per heavy atom. The maximum Gasteiger partial charge on any atom is 0.408 e. The van der Waals surface area contributed by atoms with Crippen molar-refractivity contribution in [3.8, 4) is 11.1 Å². The van der Waals surface area contributed by atoms with Crippen molar-refractivity contribution in [3.63, 3.8) is 0 Å². The molecule has 0 bridgehead atoms. The monoisotopic (exact) mass is 450 g/mol. The molecule has 0 radical (unpaired) electrons. The van der Waals surface area contributed by atoms with E-state index >= 15 is 0 Å². The molecule has 1 heterocycles. The number of hydrogen-bond acceptors (Lipinski definition) is 3. The lowest BCUT2D eigenvalue weighted by Gasteiger charge is -2.32. The number of ether oxygens (including phenoxy) is 1. The number of alkyl halides is 1. The van der Waals surface area contributed by atoms with Gasteiger partial charge < -0.3 is 10.1 Å². The van der Waals surface area contributed by atoms with E-state index in [1.54, 1.807) is 12.4 Å². The van der Waals surface area contributed by atoms with E-state index in [-0.39, 0.29) is 0 Å². The zero-order chi connectivity index (χ0) is 20.1. The Bertz CT molecular complexity index is 945. The Morgan fingerprint density at radius 2 is 1.55 bits per heavy atom.